The first kappa shape index (κ1) is 14.7. The molecular weight excluding hydrogens is 356 g/mol. The van der Waals surface area contributed by atoms with E-state index in [0.717, 1.165) is 11.4 Å². The summed E-state index contributed by atoms with van der Waals surface area (Å²) in [6, 6.07) is 5.16. The smallest absolute Gasteiger partial charge is 0.244 e. The standard InChI is InChI=1S/C13H15BrN4O2S/c14-11-2-1-10(8-15)7-12(11)21(19,20)18-6-5-17-4-3-16-13(17)9-18/h1-4,7H,5-6,8-9,15H2. The summed E-state index contributed by atoms with van der Waals surface area (Å²) in [5, 5.41) is 0. The molecule has 6 nitrogen and oxygen atoms in total. The zero-order valence-corrected chi connectivity index (χ0v) is 13.6. The zero-order chi connectivity index (χ0) is 15.0. The summed E-state index contributed by atoms with van der Waals surface area (Å²) in [4.78, 5) is 4.45. The van der Waals surface area contributed by atoms with E-state index in [9.17, 15) is 8.42 Å². The van der Waals surface area contributed by atoms with Gasteiger partial charge in [0.15, 0.2) is 0 Å². The summed E-state index contributed by atoms with van der Waals surface area (Å²) in [6.07, 6.45) is 3.56. The first-order chi connectivity index (χ1) is 10.0. The van der Waals surface area contributed by atoms with E-state index in [1.54, 1.807) is 18.3 Å². The highest BCUT2D eigenvalue weighted by Gasteiger charge is 2.30. The monoisotopic (exact) mass is 370 g/mol. The van der Waals surface area contributed by atoms with Gasteiger partial charge in [-0.25, -0.2) is 13.4 Å². The van der Waals surface area contributed by atoms with Gasteiger partial charge in [-0.3, -0.25) is 0 Å². The SMILES string of the molecule is NCc1ccc(Br)c(S(=O)(=O)N2CCn3ccnc3C2)c1. The number of fused-ring (bicyclic) bond motifs is 1. The van der Waals surface area contributed by atoms with Crippen molar-refractivity contribution >= 4 is 26.0 Å². The van der Waals surface area contributed by atoms with Crippen molar-refractivity contribution in [3.63, 3.8) is 0 Å². The van der Waals surface area contributed by atoms with E-state index in [0.29, 0.717) is 24.1 Å². The van der Waals surface area contributed by atoms with Crippen molar-refractivity contribution in [1.29, 1.82) is 0 Å². The third-order valence-electron chi connectivity index (χ3n) is 3.56. The van der Waals surface area contributed by atoms with Crippen molar-refractivity contribution in [3.8, 4) is 0 Å². The zero-order valence-electron chi connectivity index (χ0n) is 11.2. The molecule has 0 aliphatic carbocycles. The Morgan fingerprint density at radius 1 is 1.33 bits per heavy atom. The Labute approximate surface area is 131 Å². The van der Waals surface area contributed by atoms with E-state index in [2.05, 4.69) is 20.9 Å². The Morgan fingerprint density at radius 2 is 2.14 bits per heavy atom. The van der Waals surface area contributed by atoms with Gasteiger partial charge in [-0.05, 0) is 33.6 Å². The lowest BCUT2D eigenvalue weighted by atomic mass is 10.2. The summed E-state index contributed by atoms with van der Waals surface area (Å²) in [5.41, 5.74) is 6.39. The molecule has 1 aliphatic rings. The van der Waals surface area contributed by atoms with E-state index in [4.69, 9.17) is 5.73 Å². The van der Waals surface area contributed by atoms with Crippen LogP contribution < -0.4 is 5.73 Å². The Balaban J connectivity index is 1.98. The molecule has 1 aromatic carbocycles. The second-order valence-electron chi connectivity index (χ2n) is 4.84. The largest absolute Gasteiger partial charge is 0.333 e. The average molecular weight is 371 g/mol. The van der Waals surface area contributed by atoms with Crippen LogP contribution in [0.4, 0.5) is 0 Å². The molecular formula is C13H15BrN4O2S. The minimum atomic E-state index is -3.57. The number of nitrogens with zero attached hydrogens (tertiary/aromatic N) is 3. The highest BCUT2D eigenvalue weighted by atomic mass is 79.9. The molecule has 0 saturated carbocycles. The number of halogens is 1. The van der Waals surface area contributed by atoms with Crippen molar-refractivity contribution in [1.82, 2.24) is 13.9 Å². The number of sulfonamides is 1. The first-order valence-corrected chi connectivity index (χ1v) is 8.74. The van der Waals surface area contributed by atoms with Crippen LogP contribution in [0, 0.1) is 0 Å². The number of rotatable bonds is 3. The molecule has 0 bridgehead atoms. The average Bonchev–Trinajstić information content (AvgIpc) is 2.95. The van der Waals surface area contributed by atoms with Gasteiger partial charge in [0.05, 0.1) is 11.4 Å². The summed E-state index contributed by atoms with van der Waals surface area (Å²) in [5.74, 6) is 0.760. The molecule has 1 aromatic heterocycles. The van der Waals surface area contributed by atoms with E-state index < -0.39 is 10.0 Å². The Morgan fingerprint density at radius 3 is 2.90 bits per heavy atom. The van der Waals surface area contributed by atoms with Crippen molar-refractivity contribution in [2.75, 3.05) is 6.54 Å². The highest BCUT2D eigenvalue weighted by molar-refractivity contribution is 9.10. The fourth-order valence-electron chi connectivity index (χ4n) is 2.37. The van der Waals surface area contributed by atoms with Crippen LogP contribution >= 0.6 is 15.9 Å². The van der Waals surface area contributed by atoms with Gasteiger partial charge in [-0.2, -0.15) is 4.31 Å². The predicted octanol–water partition coefficient (Wildman–Crippen LogP) is 1.31. The van der Waals surface area contributed by atoms with Gasteiger partial charge in [-0.1, -0.05) is 6.07 Å². The van der Waals surface area contributed by atoms with E-state index >= 15 is 0 Å². The molecule has 0 saturated heterocycles. The van der Waals surface area contributed by atoms with Gasteiger partial charge >= 0.3 is 0 Å². The molecule has 2 heterocycles. The molecule has 0 amide bonds. The summed E-state index contributed by atoms with van der Waals surface area (Å²) in [6.45, 7) is 1.64. The number of imidazole rings is 1. The molecule has 0 radical (unpaired) electrons. The number of benzene rings is 1. The lowest BCUT2D eigenvalue weighted by molar-refractivity contribution is 0.335. The summed E-state index contributed by atoms with van der Waals surface area (Å²) >= 11 is 3.32. The molecule has 112 valence electrons. The molecule has 0 unspecified atom stereocenters. The molecule has 3 rings (SSSR count). The van der Waals surface area contributed by atoms with Crippen LogP contribution in [-0.2, 0) is 29.7 Å². The molecule has 0 spiro atoms. The topological polar surface area (TPSA) is 81.2 Å². The lowest BCUT2D eigenvalue weighted by Gasteiger charge is -2.27. The fourth-order valence-corrected chi connectivity index (χ4v) is 4.73. The predicted molar refractivity (Wildman–Crippen MR) is 81.9 cm³/mol. The number of hydrogen-bond acceptors (Lipinski definition) is 4. The Bertz CT molecular complexity index is 772. The van der Waals surface area contributed by atoms with Gasteiger partial charge in [-0.15, -0.1) is 0 Å². The van der Waals surface area contributed by atoms with E-state index in [1.165, 1.54) is 4.31 Å². The number of nitrogens with two attached hydrogens (primary N) is 1. The second-order valence-corrected chi connectivity index (χ2v) is 7.61. The third kappa shape index (κ3) is 2.64. The van der Waals surface area contributed by atoms with Crippen molar-refractivity contribution < 1.29 is 8.42 Å². The van der Waals surface area contributed by atoms with Gasteiger partial charge < -0.3 is 10.3 Å². The second kappa shape index (κ2) is 5.53. The summed E-state index contributed by atoms with van der Waals surface area (Å²) in [7, 11) is -3.57. The van der Waals surface area contributed by atoms with Gasteiger partial charge in [0.25, 0.3) is 0 Å². The minimum Gasteiger partial charge on any atom is -0.333 e. The maximum Gasteiger partial charge on any atom is 0.244 e. The lowest BCUT2D eigenvalue weighted by Crippen LogP contribution is -2.38. The van der Waals surface area contributed by atoms with Crippen LogP contribution in [0.3, 0.4) is 0 Å². The van der Waals surface area contributed by atoms with E-state index in [1.807, 2.05) is 16.8 Å². The van der Waals surface area contributed by atoms with Gasteiger partial charge in [0, 0.05) is 36.5 Å². The van der Waals surface area contributed by atoms with Crippen molar-refractivity contribution in [2.24, 2.45) is 5.73 Å². The quantitative estimate of drug-likeness (QED) is 0.882. The van der Waals surface area contributed by atoms with Gasteiger partial charge in [0.2, 0.25) is 10.0 Å². The molecule has 8 heteroatoms. The highest BCUT2D eigenvalue weighted by Crippen LogP contribution is 2.28. The fraction of sp³-hybridized carbons (Fsp3) is 0.308. The Hall–Kier alpha value is -1.22. The maximum absolute atomic E-state index is 12.8. The Kier molecular flexibility index (Phi) is 3.87. The first-order valence-electron chi connectivity index (χ1n) is 6.51. The minimum absolute atomic E-state index is 0.255. The molecule has 0 atom stereocenters. The van der Waals surface area contributed by atoms with Crippen molar-refractivity contribution in [3.05, 3.63) is 46.5 Å². The van der Waals surface area contributed by atoms with Gasteiger partial charge in [0.1, 0.15) is 5.82 Å². The summed E-state index contributed by atoms with van der Waals surface area (Å²) < 4.78 is 29.6. The van der Waals surface area contributed by atoms with Crippen LogP contribution in [0.2, 0.25) is 0 Å². The van der Waals surface area contributed by atoms with Crippen LogP contribution in [0.15, 0.2) is 40.0 Å². The molecule has 1 aliphatic heterocycles. The van der Waals surface area contributed by atoms with Crippen LogP contribution in [0.25, 0.3) is 0 Å². The van der Waals surface area contributed by atoms with Crippen LogP contribution in [0.1, 0.15) is 11.4 Å². The molecule has 21 heavy (non-hydrogen) atoms. The van der Waals surface area contributed by atoms with Crippen LogP contribution in [-0.4, -0.2) is 28.8 Å². The third-order valence-corrected chi connectivity index (χ3v) is 6.40. The van der Waals surface area contributed by atoms with E-state index in [-0.39, 0.29) is 11.4 Å². The van der Waals surface area contributed by atoms with Crippen molar-refractivity contribution in [2.45, 2.75) is 24.5 Å². The van der Waals surface area contributed by atoms with Crippen LogP contribution in [0.5, 0.6) is 0 Å². The maximum atomic E-state index is 12.8. The number of hydrogen-bond donors (Lipinski definition) is 1. The molecule has 2 aromatic rings. The molecule has 0 fully saturated rings. The molecule has 2 N–H and O–H groups in total. The normalized spacial score (nSPS) is 15.9. The number of aromatic nitrogens is 2.